The Morgan fingerprint density at radius 1 is 0.976 bits per heavy atom. The van der Waals surface area contributed by atoms with Gasteiger partial charge in [0.15, 0.2) is 0 Å². The van der Waals surface area contributed by atoms with E-state index in [1.54, 1.807) is 31.2 Å². The van der Waals surface area contributed by atoms with Gasteiger partial charge in [-0.3, -0.25) is 14.5 Å². The fourth-order valence-corrected chi connectivity index (χ4v) is 5.53. The van der Waals surface area contributed by atoms with Crippen molar-refractivity contribution in [3.63, 3.8) is 0 Å². The molecule has 1 aliphatic carbocycles. The van der Waals surface area contributed by atoms with Gasteiger partial charge in [-0.2, -0.15) is 5.10 Å². The quantitative estimate of drug-likeness (QED) is 0.413. The zero-order valence-electron chi connectivity index (χ0n) is 24.2. The number of carbonyl (C=O) groups excluding carboxylic acids is 2. The van der Waals surface area contributed by atoms with Crippen LogP contribution in [0.5, 0.6) is 17.2 Å². The summed E-state index contributed by atoms with van der Waals surface area (Å²) < 4.78 is 21.8. The van der Waals surface area contributed by atoms with E-state index in [0.29, 0.717) is 44.2 Å². The summed E-state index contributed by atoms with van der Waals surface area (Å²) in [6.07, 6.45) is 3.34. The van der Waals surface area contributed by atoms with Crippen LogP contribution >= 0.6 is 0 Å². The van der Waals surface area contributed by atoms with E-state index in [4.69, 9.17) is 24.0 Å². The van der Waals surface area contributed by atoms with Gasteiger partial charge in [0, 0.05) is 50.1 Å². The number of morpholine rings is 1. The zero-order chi connectivity index (χ0) is 28.8. The molecule has 2 amide bonds. The maximum atomic E-state index is 14.0. The molecule has 2 aliphatic heterocycles. The number of benzene rings is 2. The molecule has 2 aromatic rings. The monoisotopic (exact) mass is 564 g/mol. The minimum absolute atomic E-state index is 0.00562. The first kappa shape index (κ1) is 28.9. The fourth-order valence-electron chi connectivity index (χ4n) is 5.53. The Balaban J connectivity index is 1.41. The molecule has 3 aliphatic rings. The molecule has 10 nitrogen and oxygen atoms in total. The average molecular weight is 565 g/mol. The summed E-state index contributed by atoms with van der Waals surface area (Å²) in [5.74, 6) is 1.91. The van der Waals surface area contributed by atoms with E-state index >= 15 is 0 Å². The Hall–Kier alpha value is -3.63. The van der Waals surface area contributed by atoms with Crippen molar-refractivity contribution in [1.29, 1.82) is 0 Å². The van der Waals surface area contributed by atoms with Crippen LogP contribution in [0.15, 0.2) is 47.6 Å². The van der Waals surface area contributed by atoms with Gasteiger partial charge >= 0.3 is 0 Å². The Bertz CT molecular complexity index is 1240. The summed E-state index contributed by atoms with van der Waals surface area (Å²) >= 11 is 0. The SMILES string of the molecule is COc1ccc(C2CC(c3ccc(OC)cc3OC)=NN2C(=O)CN(CCN2CCOCC2)C(=O)C2CCC2)cc1. The number of rotatable bonds is 11. The van der Waals surface area contributed by atoms with Crippen molar-refractivity contribution in [2.24, 2.45) is 11.0 Å². The van der Waals surface area contributed by atoms with E-state index in [1.807, 2.05) is 42.5 Å². The van der Waals surface area contributed by atoms with Gasteiger partial charge in [-0.25, -0.2) is 5.01 Å². The Kier molecular flexibility index (Phi) is 9.41. The number of hydrogen-bond acceptors (Lipinski definition) is 8. The van der Waals surface area contributed by atoms with Gasteiger partial charge < -0.3 is 23.8 Å². The number of methoxy groups -OCH3 is 3. The summed E-state index contributed by atoms with van der Waals surface area (Å²) in [6, 6.07) is 13.0. The highest BCUT2D eigenvalue weighted by Gasteiger charge is 2.37. The van der Waals surface area contributed by atoms with Crippen LogP contribution in [-0.2, 0) is 14.3 Å². The van der Waals surface area contributed by atoms with Gasteiger partial charge in [0.05, 0.1) is 46.3 Å². The highest BCUT2D eigenvalue weighted by atomic mass is 16.5. The second-order valence-electron chi connectivity index (χ2n) is 10.7. The van der Waals surface area contributed by atoms with Crippen molar-refractivity contribution in [2.45, 2.75) is 31.7 Å². The predicted octanol–water partition coefficient (Wildman–Crippen LogP) is 3.35. The van der Waals surface area contributed by atoms with Crippen LogP contribution in [0.25, 0.3) is 0 Å². The van der Waals surface area contributed by atoms with Gasteiger partial charge in [0.1, 0.15) is 23.8 Å². The number of hydrogen-bond donors (Lipinski definition) is 0. The molecule has 1 saturated carbocycles. The molecule has 5 rings (SSSR count). The molecule has 1 unspecified atom stereocenters. The summed E-state index contributed by atoms with van der Waals surface area (Å²) in [5, 5.41) is 6.40. The molecule has 0 bridgehead atoms. The number of nitrogens with zero attached hydrogens (tertiary/aromatic N) is 4. The van der Waals surface area contributed by atoms with Crippen LogP contribution in [0.1, 0.15) is 42.9 Å². The molecule has 1 saturated heterocycles. The molecule has 2 fully saturated rings. The van der Waals surface area contributed by atoms with Crippen molar-refractivity contribution < 1.29 is 28.5 Å². The van der Waals surface area contributed by atoms with Crippen LogP contribution in [0.3, 0.4) is 0 Å². The van der Waals surface area contributed by atoms with E-state index < -0.39 is 0 Å². The second kappa shape index (κ2) is 13.4. The first-order chi connectivity index (χ1) is 20.0. The van der Waals surface area contributed by atoms with E-state index in [0.717, 1.165) is 54.9 Å². The number of amides is 2. The lowest BCUT2D eigenvalue weighted by molar-refractivity contribution is -0.145. The molecular weight excluding hydrogens is 524 g/mol. The molecule has 41 heavy (non-hydrogen) atoms. The van der Waals surface area contributed by atoms with Gasteiger partial charge in [-0.15, -0.1) is 0 Å². The van der Waals surface area contributed by atoms with Crippen LogP contribution in [0.4, 0.5) is 0 Å². The molecule has 0 N–H and O–H groups in total. The Morgan fingerprint density at radius 2 is 1.68 bits per heavy atom. The van der Waals surface area contributed by atoms with Crippen molar-refractivity contribution in [2.75, 3.05) is 67.3 Å². The van der Waals surface area contributed by atoms with Crippen LogP contribution in [0.2, 0.25) is 0 Å². The maximum Gasteiger partial charge on any atom is 0.262 e. The highest BCUT2D eigenvalue weighted by Crippen LogP contribution is 2.37. The lowest BCUT2D eigenvalue weighted by Crippen LogP contribution is -2.49. The van der Waals surface area contributed by atoms with Crippen LogP contribution in [0, 0.1) is 5.92 Å². The van der Waals surface area contributed by atoms with Crippen molar-refractivity contribution in [3.05, 3.63) is 53.6 Å². The summed E-state index contributed by atoms with van der Waals surface area (Å²) in [6.45, 7) is 4.27. The lowest BCUT2D eigenvalue weighted by Gasteiger charge is -2.34. The summed E-state index contributed by atoms with van der Waals surface area (Å²) in [5.41, 5.74) is 2.48. The summed E-state index contributed by atoms with van der Waals surface area (Å²) in [7, 11) is 4.84. The van der Waals surface area contributed by atoms with Gasteiger partial charge in [0.2, 0.25) is 5.91 Å². The maximum absolute atomic E-state index is 14.0. The molecule has 0 aromatic heterocycles. The number of carbonyl (C=O) groups is 2. The van der Waals surface area contributed by atoms with Crippen molar-refractivity contribution in [1.82, 2.24) is 14.8 Å². The molecule has 0 radical (unpaired) electrons. The first-order valence-corrected chi connectivity index (χ1v) is 14.4. The smallest absolute Gasteiger partial charge is 0.262 e. The number of hydrazone groups is 1. The molecule has 1 atom stereocenters. The third-order valence-corrected chi connectivity index (χ3v) is 8.27. The molecular formula is C31H40N4O6. The van der Waals surface area contributed by atoms with E-state index in [1.165, 1.54) is 0 Å². The Labute approximate surface area is 241 Å². The molecule has 2 heterocycles. The number of ether oxygens (including phenoxy) is 4. The van der Waals surface area contributed by atoms with Crippen molar-refractivity contribution >= 4 is 17.5 Å². The standard InChI is InChI=1S/C31H40N4O6/c1-38-24-9-7-22(8-10-24)28-20-27(26-12-11-25(39-2)19-29(26)40-3)32-35(28)30(36)21-34(31(37)23-5-4-6-23)14-13-33-15-17-41-18-16-33/h7-12,19,23,28H,4-6,13-18,20-21H2,1-3H3. The molecule has 2 aromatic carbocycles. The molecule has 10 heteroatoms. The van der Waals surface area contributed by atoms with Crippen LogP contribution in [-0.4, -0.2) is 99.6 Å². The second-order valence-corrected chi connectivity index (χ2v) is 10.7. The van der Waals surface area contributed by atoms with E-state index in [-0.39, 0.29) is 30.3 Å². The summed E-state index contributed by atoms with van der Waals surface area (Å²) in [4.78, 5) is 31.5. The first-order valence-electron chi connectivity index (χ1n) is 14.4. The van der Waals surface area contributed by atoms with Crippen LogP contribution < -0.4 is 14.2 Å². The highest BCUT2D eigenvalue weighted by molar-refractivity contribution is 6.05. The fraction of sp³-hybridized carbons (Fsp3) is 0.516. The topological polar surface area (TPSA) is 93.1 Å². The average Bonchev–Trinajstić information content (AvgIpc) is 3.44. The minimum atomic E-state index is -0.324. The van der Waals surface area contributed by atoms with Gasteiger partial charge in [0.25, 0.3) is 5.91 Å². The van der Waals surface area contributed by atoms with Gasteiger partial charge in [-0.1, -0.05) is 18.6 Å². The third kappa shape index (κ3) is 6.65. The van der Waals surface area contributed by atoms with E-state index in [2.05, 4.69) is 4.90 Å². The third-order valence-electron chi connectivity index (χ3n) is 8.27. The lowest BCUT2D eigenvalue weighted by atomic mass is 9.84. The molecule has 0 spiro atoms. The largest absolute Gasteiger partial charge is 0.497 e. The molecule has 220 valence electrons. The zero-order valence-corrected chi connectivity index (χ0v) is 24.2. The van der Waals surface area contributed by atoms with Gasteiger partial charge in [-0.05, 0) is 42.7 Å². The predicted molar refractivity (Wildman–Crippen MR) is 154 cm³/mol. The van der Waals surface area contributed by atoms with E-state index in [9.17, 15) is 9.59 Å². The van der Waals surface area contributed by atoms with Crippen molar-refractivity contribution in [3.8, 4) is 17.2 Å². The Morgan fingerprint density at radius 3 is 2.32 bits per heavy atom. The normalized spacial score (nSPS) is 19.3. The minimum Gasteiger partial charge on any atom is -0.497 e.